The van der Waals surface area contributed by atoms with Gasteiger partial charge < -0.3 is 25.0 Å². The van der Waals surface area contributed by atoms with Gasteiger partial charge in [0.05, 0.1) is 6.54 Å². The minimum Gasteiger partial charge on any atom is -0.457 e. The van der Waals surface area contributed by atoms with E-state index in [1.807, 2.05) is 30.3 Å². The monoisotopic (exact) mass is 413 g/mol. The Hall–Kier alpha value is -3.88. The van der Waals surface area contributed by atoms with E-state index in [4.69, 9.17) is 9.47 Å². The molecule has 0 radical (unpaired) electrons. The maximum Gasteiger partial charge on any atom is 0.325 e. The van der Waals surface area contributed by atoms with Gasteiger partial charge in [0.15, 0.2) is 6.61 Å². The summed E-state index contributed by atoms with van der Waals surface area (Å²) in [6, 6.07) is 15.6. The zero-order valence-electron chi connectivity index (χ0n) is 16.7. The number of likely N-dealkylation sites (N-methyl/N-ethyl adjacent to an activating group) is 2. The SMILES string of the molecule is CNC(=O)CN(C)C(=O)COC(=O)CNC(=O)c1ccc(Oc2ccccc2)cc1. The standard InChI is InChI=1S/C21H23N3O6/c1-22-18(25)13-24(2)19(26)14-29-20(27)12-23-21(28)15-8-10-17(11-9-15)30-16-6-4-3-5-7-16/h3-11H,12-14H2,1-2H3,(H,22,25)(H,23,28). The molecule has 2 aromatic carbocycles. The average molecular weight is 413 g/mol. The van der Waals surface area contributed by atoms with Gasteiger partial charge >= 0.3 is 5.97 Å². The molecular formula is C21H23N3O6. The second-order valence-corrected chi connectivity index (χ2v) is 6.21. The molecule has 2 aromatic rings. The van der Waals surface area contributed by atoms with Gasteiger partial charge in [-0.25, -0.2) is 0 Å². The van der Waals surface area contributed by atoms with E-state index in [0.29, 0.717) is 17.1 Å². The van der Waals surface area contributed by atoms with Crippen molar-refractivity contribution in [3.05, 3.63) is 60.2 Å². The van der Waals surface area contributed by atoms with Gasteiger partial charge in [0.1, 0.15) is 18.0 Å². The van der Waals surface area contributed by atoms with Gasteiger partial charge in [-0.15, -0.1) is 0 Å². The number of carbonyl (C=O) groups excluding carboxylic acids is 4. The van der Waals surface area contributed by atoms with Crippen molar-refractivity contribution >= 4 is 23.7 Å². The lowest BCUT2D eigenvalue weighted by atomic mass is 10.2. The highest BCUT2D eigenvalue weighted by atomic mass is 16.5. The van der Waals surface area contributed by atoms with Crippen molar-refractivity contribution < 1.29 is 28.7 Å². The molecule has 9 heteroatoms. The zero-order chi connectivity index (χ0) is 21.9. The van der Waals surface area contributed by atoms with E-state index < -0.39 is 30.9 Å². The smallest absolute Gasteiger partial charge is 0.325 e. The van der Waals surface area contributed by atoms with Crippen LogP contribution in [0.25, 0.3) is 0 Å². The first-order chi connectivity index (χ1) is 14.4. The Kier molecular flexibility index (Phi) is 8.37. The predicted octanol–water partition coefficient (Wildman–Crippen LogP) is 0.956. The van der Waals surface area contributed by atoms with Crippen LogP contribution in [-0.4, -0.2) is 62.4 Å². The number of hydrogen-bond donors (Lipinski definition) is 2. The molecule has 2 N–H and O–H groups in total. The molecule has 0 saturated heterocycles. The third kappa shape index (κ3) is 7.27. The molecular weight excluding hydrogens is 390 g/mol. The first-order valence-corrected chi connectivity index (χ1v) is 9.10. The Morgan fingerprint density at radius 3 is 2.20 bits per heavy atom. The minimum atomic E-state index is -0.769. The van der Waals surface area contributed by atoms with Crippen LogP contribution >= 0.6 is 0 Å². The molecule has 2 rings (SSSR count). The maximum atomic E-state index is 12.1. The number of benzene rings is 2. The molecule has 0 unspecified atom stereocenters. The largest absolute Gasteiger partial charge is 0.457 e. The molecule has 0 fully saturated rings. The van der Waals surface area contributed by atoms with Crippen LogP contribution in [0.5, 0.6) is 11.5 Å². The van der Waals surface area contributed by atoms with E-state index in [1.165, 1.54) is 14.1 Å². The molecule has 0 bridgehead atoms. The third-order valence-corrected chi connectivity index (χ3v) is 3.93. The van der Waals surface area contributed by atoms with Gasteiger partial charge in [-0.3, -0.25) is 19.2 Å². The van der Waals surface area contributed by atoms with Crippen molar-refractivity contribution in [1.29, 1.82) is 0 Å². The quantitative estimate of drug-likeness (QED) is 0.592. The number of amides is 3. The number of hydrogen-bond acceptors (Lipinski definition) is 6. The van der Waals surface area contributed by atoms with Crippen LogP contribution in [0.2, 0.25) is 0 Å². The molecule has 158 valence electrons. The topological polar surface area (TPSA) is 114 Å². The molecule has 9 nitrogen and oxygen atoms in total. The summed E-state index contributed by atoms with van der Waals surface area (Å²) in [6.45, 7) is -1.06. The summed E-state index contributed by atoms with van der Waals surface area (Å²) < 4.78 is 10.5. The number of nitrogens with one attached hydrogen (secondary N) is 2. The number of esters is 1. The Morgan fingerprint density at radius 2 is 1.57 bits per heavy atom. The summed E-state index contributed by atoms with van der Waals surface area (Å²) in [5.74, 6) is -0.878. The van der Waals surface area contributed by atoms with E-state index in [2.05, 4.69) is 10.6 Å². The van der Waals surface area contributed by atoms with Gasteiger partial charge in [0, 0.05) is 19.7 Å². The first-order valence-electron chi connectivity index (χ1n) is 9.10. The van der Waals surface area contributed by atoms with E-state index in [-0.39, 0.29) is 12.5 Å². The Bertz CT molecular complexity index is 883. The summed E-state index contributed by atoms with van der Waals surface area (Å²) in [4.78, 5) is 48.0. The molecule has 0 aliphatic rings. The fraction of sp³-hybridized carbons (Fsp3) is 0.238. The number of para-hydroxylation sites is 1. The third-order valence-electron chi connectivity index (χ3n) is 3.93. The molecule has 0 spiro atoms. The molecule has 0 saturated carbocycles. The number of ether oxygens (including phenoxy) is 2. The summed E-state index contributed by atoms with van der Waals surface area (Å²) in [7, 11) is 2.87. The average Bonchev–Trinajstić information content (AvgIpc) is 2.76. The molecule has 0 atom stereocenters. The van der Waals surface area contributed by atoms with Crippen LogP contribution in [0.1, 0.15) is 10.4 Å². The Labute approximate surface area is 174 Å². The highest BCUT2D eigenvalue weighted by Crippen LogP contribution is 2.21. The first kappa shape index (κ1) is 22.4. The second kappa shape index (κ2) is 11.2. The van der Waals surface area contributed by atoms with Crippen LogP contribution < -0.4 is 15.4 Å². The predicted molar refractivity (Wildman–Crippen MR) is 108 cm³/mol. The Morgan fingerprint density at radius 1 is 0.933 bits per heavy atom. The van der Waals surface area contributed by atoms with Crippen molar-refractivity contribution in [2.45, 2.75) is 0 Å². The van der Waals surface area contributed by atoms with Crippen LogP contribution in [0.4, 0.5) is 0 Å². The van der Waals surface area contributed by atoms with Gasteiger partial charge in [-0.1, -0.05) is 18.2 Å². The van der Waals surface area contributed by atoms with Gasteiger partial charge in [0.25, 0.3) is 11.8 Å². The van der Waals surface area contributed by atoms with Crippen LogP contribution in [0.3, 0.4) is 0 Å². The van der Waals surface area contributed by atoms with Crippen molar-refractivity contribution in [3.8, 4) is 11.5 Å². The van der Waals surface area contributed by atoms with Crippen molar-refractivity contribution in [2.24, 2.45) is 0 Å². The van der Waals surface area contributed by atoms with E-state index in [1.54, 1.807) is 24.3 Å². The highest BCUT2D eigenvalue weighted by molar-refractivity contribution is 5.96. The van der Waals surface area contributed by atoms with E-state index >= 15 is 0 Å². The zero-order valence-corrected chi connectivity index (χ0v) is 16.7. The molecule has 0 aromatic heterocycles. The van der Waals surface area contributed by atoms with Gasteiger partial charge in [0.2, 0.25) is 5.91 Å². The van der Waals surface area contributed by atoms with Crippen LogP contribution in [-0.2, 0) is 19.1 Å². The molecule has 3 amide bonds. The second-order valence-electron chi connectivity index (χ2n) is 6.21. The number of carbonyl (C=O) groups is 4. The van der Waals surface area contributed by atoms with Crippen LogP contribution in [0, 0.1) is 0 Å². The normalized spacial score (nSPS) is 9.93. The lowest BCUT2D eigenvalue weighted by Gasteiger charge is -2.16. The molecule has 0 aliphatic carbocycles. The Balaban J connectivity index is 1.74. The summed E-state index contributed by atoms with van der Waals surface area (Å²) >= 11 is 0. The molecule has 0 aliphatic heterocycles. The van der Waals surface area contributed by atoms with E-state index in [0.717, 1.165) is 4.90 Å². The molecule has 30 heavy (non-hydrogen) atoms. The van der Waals surface area contributed by atoms with Crippen molar-refractivity contribution in [3.63, 3.8) is 0 Å². The summed E-state index contributed by atoms with van der Waals surface area (Å²) in [5, 5.41) is 4.80. The highest BCUT2D eigenvalue weighted by Gasteiger charge is 2.15. The lowest BCUT2D eigenvalue weighted by Crippen LogP contribution is -2.39. The summed E-state index contributed by atoms with van der Waals surface area (Å²) in [5.41, 5.74) is 0.338. The number of nitrogens with zero attached hydrogens (tertiary/aromatic N) is 1. The minimum absolute atomic E-state index is 0.145. The van der Waals surface area contributed by atoms with Gasteiger partial charge in [-0.05, 0) is 36.4 Å². The molecule has 0 heterocycles. The lowest BCUT2D eigenvalue weighted by molar-refractivity contribution is -0.151. The summed E-state index contributed by atoms with van der Waals surface area (Å²) in [6.07, 6.45) is 0. The fourth-order valence-electron chi connectivity index (χ4n) is 2.24. The van der Waals surface area contributed by atoms with Crippen LogP contribution in [0.15, 0.2) is 54.6 Å². The van der Waals surface area contributed by atoms with Crippen molar-refractivity contribution in [2.75, 3.05) is 33.8 Å². The van der Waals surface area contributed by atoms with Gasteiger partial charge in [-0.2, -0.15) is 0 Å². The maximum absolute atomic E-state index is 12.1. The fourth-order valence-corrected chi connectivity index (χ4v) is 2.24. The van der Waals surface area contributed by atoms with Crippen molar-refractivity contribution in [1.82, 2.24) is 15.5 Å². The van der Waals surface area contributed by atoms with E-state index in [9.17, 15) is 19.2 Å². The number of rotatable bonds is 9.